The van der Waals surface area contributed by atoms with Crippen molar-refractivity contribution in [3.63, 3.8) is 0 Å². The molecule has 0 heterocycles. The molecule has 0 aromatic carbocycles. The van der Waals surface area contributed by atoms with E-state index >= 15 is 0 Å². The average molecular weight is 152 g/mol. The number of hydrogen-bond acceptors (Lipinski definition) is 3. The van der Waals surface area contributed by atoms with E-state index in [0.29, 0.717) is 6.73 Å². The average Bonchev–Trinajstić information content (AvgIpc) is 1.83. The van der Waals surface area contributed by atoms with E-state index in [1.165, 1.54) is 0 Å². The quantitative estimate of drug-likeness (QED) is 0.330. The van der Waals surface area contributed by atoms with E-state index in [-0.39, 0.29) is 11.8 Å². The minimum atomic E-state index is -0.384. The topological polar surface area (TPSA) is 29.5 Å². The van der Waals surface area contributed by atoms with Gasteiger partial charge in [0.25, 0.3) is 0 Å². The van der Waals surface area contributed by atoms with Crippen molar-refractivity contribution in [2.75, 3.05) is 26.7 Å². The molecule has 0 bridgehead atoms. The Morgan fingerprint density at radius 3 is 2.56 bits per heavy atom. The zero-order chi connectivity index (χ0) is 7.28. The van der Waals surface area contributed by atoms with Crippen molar-refractivity contribution >= 4 is 17.6 Å². The van der Waals surface area contributed by atoms with E-state index in [4.69, 9.17) is 11.6 Å². The van der Waals surface area contributed by atoms with E-state index in [1.807, 2.05) is 14.1 Å². The van der Waals surface area contributed by atoms with Crippen LogP contribution in [0.2, 0.25) is 0 Å². The van der Waals surface area contributed by atoms with Crippen molar-refractivity contribution in [3.8, 4) is 0 Å². The Morgan fingerprint density at radius 2 is 2.22 bits per heavy atom. The zero-order valence-electron chi connectivity index (χ0n) is 5.56. The third-order valence-corrected chi connectivity index (χ3v) is 0.811. The Balaban J connectivity index is 3.17. The van der Waals surface area contributed by atoms with Crippen LogP contribution >= 0.6 is 11.6 Å². The van der Waals surface area contributed by atoms with Crippen LogP contribution in [0.15, 0.2) is 0 Å². The predicted octanol–water partition coefficient (Wildman–Crippen LogP) is 0.287. The molecule has 0 amide bonds. The largest absolute Gasteiger partial charge is 0.449 e. The second-order valence-corrected chi connectivity index (χ2v) is 2.13. The molecule has 3 nitrogen and oxygen atoms in total. The molecule has 0 unspecified atom stereocenters. The monoisotopic (exact) mass is 151 g/mol. The Labute approximate surface area is 59.5 Å². The Morgan fingerprint density at radius 1 is 1.67 bits per heavy atom. The number of ether oxygens (including phenoxy) is 1. The molecule has 0 saturated carbocycles. The number of halogens is 1. The number of rotatable bonds is 3. The van der Waals surface area contributed by atoms with Crippen molar-refractivity contribution in [2.24, 2.45) is 0 Å². The molecule has 0 fully saturated rings. The second kappa shape index (κ2) is 4.58. The summed E-state index contributed by atoms with van der Waals surface area (Å²) < 4.78 is 4.61. The zero-order valence-corrected chi connectivity index (χ0v) is 6.31. The van der Waals surface area contributed by atoms with Gasteiger partial charge in [0.2, 0.25) is 0 Å². The summed E-state index contributed by atoms with van der Waals surface area (Å²) in [4.78, 5) is 12.1. The fourth-order valence-electron chi connectivity index (χ4n) is 0.240. The lowest BCUT2D eigenvalue weighted by Crippen LogP contribution is -2.19. The fourth-order valence-corrected chi connectivity index (χ4v) is 0.317. The maximum Gasteiger partial charge on any atom is 0.322 e. The smallest absolute Gasteiger partial charge is 0.322 e. The van der Waals surface area contributed by atoms with Gasteiger partial charge in [0.15, 0.2) is 0 Å². The summed E-state index contributed by atoms with van der Waals surface area (Å²) >= 11 is 5.14. The number of alkyl halides is 1. The molecule has 0 rings (SSSR count). The summed E-state index contributed by atoms with van der Waals surface area (Å²) in [5, 5.41) is 0. The van der Waals surface area contributed by atoms with Gasteiger partial charge in [-0.3, -0.25) is 9.69 Å². The Hall–Kier alpha value is -0.280. The van der Waals surface area contributed by atoms with E-state index in [1.54, 1.807) is 4.90 Å². The molecule has 0 spiro atoms. The summed E-state index contributed by atoms with van der Waals surface area (Å²) in [5.74, 6) is -0.459. The summed E-state index contributed by atoms with van der Waals surface area (Å²) in [6, 6.07) is 0. The van der Waals surface area contributed by atoms with Crippen LogP contribution in [0.25, 0.3) is 0 Å². The van der Waals surface area contributed by atoms with E-state index in [0.717, 1.165) is 0 Å². The van der Waals surface area contributed by atoms with Crippen LogP contribution < -0.4 is 0 Å². The summed E-state index contributed by atoms with van der Waals surface area (Å²) in [7, 11) is 3.61. The number of nitrogens with zero attached hydrogens (tertiary/aromatic N) is 1. The SMILES string of the molecule is CN(C)COC(=O)CCl. The first-order valence-electron chi connectivity index (χ1n) is 2.53. The summed E-state index contributed by atoms with van der Waals surface area (Å²) in [6.45, 7) is 0.297. The van der Waals surface area contributed by atoms with Crippen molar-refractivity contribution in [3.05, 3.63) is 0 Å². The molecule has 4 heteroatoms. The van der Waals surface area contributed by atoms with E-state index < -0.39 is 0 Å². The highest BCUT2D eigenvalue weighted by Gasteiger charge is 1.98. The summed E-state index contributed by atoms with van der Waals surface area (Å²) in [5.41, 5.74) is 0. The highest BCUT2D eigenvalue weighted by Crippen LogP contribution is 1.83. The minimum Gasteiger partial charge on any atom is -0.449 e. The number of carbonyl (C=O) groups excluding carboxylic acids is 1. The molecule has 0 aromatic rings. The van der Waals surface area contributed by atoms with Gasteiger partial charge in [-0.2, -0.15) is 0 Å². The minimum absolute atomic E-state index is 0.0756. The number of carbonyl (C=O) groups is 1. The van der Waals surface area contributed by atoms with Crippen LogP contribution in [-0.2, 0) is 9.53 Å². The predicted molar refractivity (Wildman–Crippen MR) is 35.4 cm³/mol. The lowest BCUT2D eigenvalue weighted by atomic mass is 10.8. The molecule has 0 aliphatic carbocycles. The van der Waals surface area contributed by atoms with Gasteiger partial charge in [0, 0.05) is 0 Å². The van der Waals surface area contributed by atoms with Crippen LogP contribution in [0.1, 0.15) is 0 Å². The highest BCUT2D eigenvalue weighted by molar-refractivity contribution is 6.26. The summed E-state index contributed by atoms with van der Waals surface area (Å²) in [6.07, 6.45) is 0. The lowest BCUT2D eigenvalue weighted by Gasteiger charge is -2.08. The van der Waals surface area contributed by atoms with E-state index in [9.17, 15) is 4.79 Å². The Bertz CT molecular complexity index is 95.0. The highest BCUT2D eigenvalue weighted by atomic mass is 35.5. The molecule has 0 aromatic heterocycles. The lowest BCUT2D eigenvalue weighted by molar-refractivity contribution is -0.144. The number of hydrogen-bond donors (Lipinski definition) is 0. The third kappa shape index (κ3) is 5.59. The maximum atomic E-state index is 10.3. The fraction of sp³-hybridized carbons (Fsp3) is 0.800. The molecular formula is C5H10ClNO2. The van der Waals surface area contributed by atoms with Crippen LogP contribution in [0.4, 0.5) is 0 Å². The van der Waals surface area contributed by atoms with Gasteiger partial charge < -0.3 is 4.74 Å². The third-order valence-electron chi connectivity index (χ3n) is 0.593. The van der Waals surface area contributed by atoms with Gasteiger partial charge in [0.05, 0.1) is 0 Å². The van der Waals surface area contributed by atoms with Gasteiger partial charge >= 0.3 is 5.97 Å². The maximum absolute atomic E-state index is 10.3. The standard InChI is InChI=1S/C5H10ClNO2/c1-7(2)4-9-5(8)3-6/h3-4H2,1-2H3. The van der Waals surface area contributed by atoms with Crippen molar-refractivity contribution in [1.82, 2.24) is 4.90 Å². The van der Waals surface area contributed by atoms with Crippen molar-refractivity contribution in [1.29, 1.82) is 0 Å². The van der Waals surface area contributed by atoms with Gasteiger partial charge in [-0.15, -0.1) is 11.6 Å². The van der Waals surface area contributed by atoms with Crippen molar-refractivity contribution in [2.45, 2.75) is 0 Å². The van der Waals surface area contributed by atoms with Gasteiger partial charge in [-0.25, -0.2) is 0 Å². The molecule has 0 aliphatic rings. The first-order valence-corrected chi connectivity index (χ1v) is 3.06. The molecule has 54 valence electrons. The molecule has 0 N–H and O–H groups in total. The molecule has 0 saturated heterocycles. The molecule has 9 heavy (non-hydrogen) atoms. The normalized spacial score (nSPS) is 9.78. The Kier molecular flexibility index (Phi) is 4.44. The van der Waals surface area contributed by atoms with E-state index in [2.05, 4.69) is 4.74 Å². The molecule has 0 atom stereocenters. The van der Waals surface area contributed by atoms with Crippen LogP contribution in [0, 0.1) is 0 Å². The molecule has 0 aliphatic heterocycles. The van der Waals surface area contributed by atoms with Gasteiger partial charge in [0.1, 0.15) is 12.6 Å². The second-order valence-electron chi connectivity index (χ2n) is 1.86. The molecular weight excluding hydrogens is 142 g/mol. The van der Waals surface area contributed by atoms with Gasteiger partial charge in [-0.1, -0.05) is 0 Å². The van der Waals surface area contributed by atoms with Crippen LogP contribution in [0.5, 0.6) is 0 Å². The van der Waals surface area contributed by atoms with Crippen LogP contribution in [-0.4, -0.2) is 37.6 Å². The first kappa shape index (κ1) is 8.72. The van der Waals surface area contributed by atoms with Crippen molar-refractivity contribution < 1.29 is 9.53 Å². The van der Waals surface area contributed by atoms with Gasteiger partial charge in [-0.05, 0) is 14.1 Å². The van der Waals surface area contributed by atoms with Crippen LogP contribution in [0.3, 0.4) is 0 Å². The number of esters is 1. The molecule has 0 radical (unpaired) electrons. The first-order chi connectivity index (χ1) is 4.16.